The van der Waals surface area contributed by atoms with Gasteiger partial charge in [0, 0.05) is 5.56 Å². The molecule has 0 heterocycles. The van der Waals surface area contributed by atoms with Gasteiger partial charge in [0.2, 0.25) is 0 Å². The third-order valence-corrected chi connectivity index (χ3v) is 2.30. The largest absolute Gasteiger partial charge is 0.298 e. The summed E-state index contributed by atoms with van der Waals surface area (Å²) in [6, 6.07) is 11.8. The lowest BCUT2D eigenvalue weighted by Crippen LogP contribution is -2.03. The van der Waals surface area contributed by atoms with Crippen molar-refractivity contribution in [2.45, 2.75) is 0 Å². The maximum Gasteiger partial charge on any atom is 0.150 e. The van der Waals surface area contributed by atoms with Gasteiger partial charge < -0.3 is 0 Å². The first kappa shape index (κ1) is 8.05. The van der Waals surface area contributed by atoms with E-state index in [1.54, 1.807) is 0 Å². The summed E-state index contributed by atoms with van der Waals surface area (Å²) >= 11 is 0. The molecular weight excluding hydrogens is 159 g/mol. The monoisotopic (exact) mass is 168 g/mol. The van der Waals surface area contributed by atoms with Crippen LogP contribution < -0.4 is 5.46 Å². The predicted octanol–water partition coefficient (Wildman–Crippen LogP) is 0.911. The van der Waals surface area contributed by atoms with Crippen LogP contribution in [0.15, 0.2) is 36.4 Å². The molecule has 0 aliphatic heterocycles. The SMILES string of the molecule is Bc1cccc2c(C=O)cccc12. The van der Waals surface area contributed by atoms with E-state index in [1.807, 2.05) is 30.3 Å². The Morgan fingerprint density at radius 1 is 1.00 bits per heavy atom. The van der Waals surface area contributed by atoms with Crippen LogP contribution in [0.1, 0.15) is 10.4 Å². The fourth-order valence-corrected chi connectivity index (χ4v) is 1.59. The maximum atomic E-state index is 10.7. The van der Waals surface area contributed by atoms with Crippen molar-refractivity contribution in [3.8, 4) is 0 Å². The molecule has 2 aromatic rings. The van der Waals surface area contributed by atoms with Gasteiger partial charge in [-0.3, -0.25) is 4.79 Å². The molecule has 0 amide bonds. The summed E-state index contributed by atoms with van der Waals surface area (Å²) in [6.07, 6.45) is 0.905. The van der Waals surface area contributed by atoms with Gasteiger partial charge in [-0.05, 0) is 10.8 Å². The number of rotatable bonds is 1. The van der Waals surface area contributed by atoms with E-state index in [1.165, 1.54) is 5.46 Å². The van der Waals surface area contributed by atoms with Gasteiger partial charge in [0.1, 0.15) is 7.85 Å². The van der Waals surface area contributed by atoms with Crippen LogP contribution in [0.2, 0.25) is 0 Å². The van der Waals surface area contributed by atoms with E-state index >= 15 is 0 Å². The molecule has 0 aliphatic carbocycles. The zero-order valence-electron chi connectivity index (χ0n) is 7.45. The highest BCUT2D eigenvalue weighted by molar-refractivity contribution is 6.39. The number of fused-ring (bicyclic) bond motifs is 1. The van der Waals surface area contributed by atoms with Crippen LogP contribution in [-0.2, 0) is 0 Å². The first-order valence-electron chi connectivity index (χ1n) is 4.26. The minimum atomic E-state index is 0.765. The van der Waals surface area contributed by atoms with E-state index in [0.717, 1.165) is 22.6 Å². The molecule has 0 saturated carbocycles. The predicted molar refractivity (Wildman–Crippen MR) is 57.5 cm³/mol. The lowest BCUT2D eigenvalue weighted by atomic mass is 9.89. The summed E-state index contributed by atoms with van der Waals surface area (Å²) in [5, 5.41) is 2.20. The highest BCUT2D eigenvalue weighted by Crippen LogP contribution is 2.14. The molecule has 2 heteroatoms. The summed E-state index contributed by atoms with van der Waals surface area (Å²) < 4.78 is 0. The normalized spacial score (nSPS) is 10.2. The van der Waals surface area contributed by atoms with Crippen molar-refractivity contribution in [2.75, 3.05) is 0 Å². The van der Waals surface area contributed by atoms with E-state index in [-0.39, 0.29) is 0 Å². The summed E-state index contributed by atoms with van der Waals surface area (Å²) in [7, 11) is 2.05. The molecule has 0 radical (unpaired) electrons. The molecule has 1 nitrogen and oxygen atoms in total. The molecule has 0 atom stereocenters. The molecule has 2 rings (SSSR count). The Labute approximate surface area is 77.8 Å². The fourth-order valence-electron chi connectivity index (χ4n) is 1.59. The van der Waals surface area contributed by atoms with Gasteiger partial charge in [-0.25, -0.2) is 0 Å². The van der Waals surface area contributed by atoms with E-state index in [2.05, 4.69) is 13.9 Å². The summed E-state index contributed by atoms with van der Waals surface area (Å²) in [5.41, 5.74) is 1.97. The number of benzene rings is 2. The molecule has 13 heavy (non-hydrogen) atoms. The Hall–Kier alpha value is -1.57. The van der Waals surface area contributed by atoms with Crippen LogP contribution in [0, 0.1) is 0 Å². The highest BCUT2D eigenvalue weighted by atomic mass is 16.1. The molecule has 0 unspecified atom stereocenters. The second-order valence-electron chi connectivity index (χ2n) is 3.14. The topological polar surface area (TPSA) is 17.1 Å². The van der Waals surface area contributed by atoms with Gasteiger partial charge in [-0.1, -0.05) is 41.9 Å². The molecular formula is C11H9BO. The van der Waals surface area contributed by atoms with Crippen LogP contribution >= 0.6 is 0 Å². The molecule has 0 bridgehead atoms. The minimum Gasteiger partial charge on any atom is -0.298 e. The molecule has 62 valence electrons. The zero-order chi connectivity index (χ0) is 9.26. The van der Waals surface area contributed by atoms with Crippen molar-refractivity contribution in [2.24, 2.45) is 0 Å². The highest BCUT2D eigenvalue weighted by Gasteiger charge is 1.99. The molecule has 0 N–H and O–H groups in total. The molecule has 0 fully saturated rings. The minimum absolute atomic E-state index is 0.765. The zero-order valence-corrected chi connectivity index (χ0v) is 7.45. The van der Waals surface area contributed by atoms with Crippen LogP contribution in [-0.4, -0.2) is 14.1 Å². The van der Waals surface area contributed by atoms with E-state index < -0.39 is 0 Å². The first-order valence-corrected chi connectivity index (χ1v) is 4.26. The average Bonchev–Trinajstić information content (AvgIpc) is 2.18. The Morgan fingerprint density at radius 3 is 2.46 bits per heavy atom. The number of aldehydes is 1. The smallest absolute Gasteiger partial charge is 0.150 e. The Balaban J connectivity index is 2.92. The molecule has 0 saturated heterocycles. The van der Waals surface area contributed by atoms with Gasteiger partial charge in [-0.15, -0.1) is 0 Å². The van der Waals surface area contributed by atoms with Crippen LogP contribution in [0.3, 0.4) is 0 Å². The Bertz CT molecular complexity index is 463. The van der Waals surface area contributed by atoms with Crippen LogP contribution in [0.4, 0.5) is 0 Å². The average molecular weight is 168 g/mol. The van der Waals surface area contributed by atoms with Crippen molar-refractivity contribution in [1.29, 1.82) is 0 Å². The van der Waals surface area contributed by atoms with Crippen molar-refractivity contribution < 1.29 is 4.79 Å². The van der Waals surface area contributed by atoms with Crippen molar-refractivity contribution in [3.63, 3.8) is 0 Å². The van der Waals surface area contributed by atoms with E-state index in [0.29, 0.717) is 0 Å². The van der Waals surface area contributed by atoms with Crippen LogP contribution in [0.25, 0.3) is 10.8 Å². The second kappa shape index (κ2) is 3.06. The number of hydrogen-bond acceptors (Lipinski definition) is 1. The van der Waals surface area contributed by atoms with Crippen LogP contribution in [0.5, 0.6) is 0 Å². The molecule has 0 spiro atoms. The van der Waals surface area contributed by atoms with Crippen molar-refractivity contribution in [3.05, 3.63) is 42.0 Å². The van der Waals surface area contributed by atoms with Gasteiger partial charge in [0.15, 0.2) is 6.29 Å². The van der Waals surface area contributed by atoms with E-state index in [4.69, 9.17) is 0 Å². The molecule has 2 aromatic carbocycles. The van der Waals surface area contributed by atoms with E-state index in [9.17, 15) is 4.79 Å². The molecule has 0 aromatic heterocycles. The van der Waals surface area contributed by atoms with Gasteiger partial charge in [0.05, 0.1) is 0 Å². The number of hydrogen-bond donors (Lipinski definition) is 0. The van der Waals surface area contributed by atoms with Gasteiger partial charge >= 0.3 is 0 Å². The standard InChI is InChI=1S/C11H9BO/c12-11-6-2-4-9-8(7-13)3-1-5-10(9)11/h1-7H,12H2. The van der Waals surface area contributed by atoms with Gasteiger partial charge in [0.25, 0.3) is 0 Å². The second-order valence-corrected chi connectivity index (χ2v) is 3.14. The molecule has 0 aliphatic rings. The maximum absolute atomic E-state index is 10.7. The van der Waals surface area contributed by atoms with Crippen molar-refractivity contribution in [1.82, 2.24) is 0 Å². The number of carbonyl (C=O) groups excluding carboxylic acids is 1. The van der Waals surface area contributed by atoms with Crippen molar-refractivity contribution >= 4 is 30.4 Å². The Morgan fingerprint density at radius 2 is 1.69 bits per heavy atom. The number of carbonyl (C=O) groups is 1. The van der Waals surface area contributed by atoms with Gasteiger partial charge in [-0.2, -0.15) is 0 Å². The summed E-state index contributed by atoms with van der Waals surface area (Å²) in [4.78, 5) is 10.7. The third kappa shape index (κ3) is 1.24. The first-order chi connectivity index (χ1) is 6.33. The summed E-state index contributed by atoms with van der Waals surface area (Å²) in [5.74, 6) is 0. The lowest BCUT2D eigenvalue weighted by molar-refractivity contribution is 0.112. The summed E-state index contributed by atoms with van der Waals surface area (Å²) in [6.45, 7) is 0. The fraction of sp³-hybridized carbons (Fsp3) is 0. The quantitative estimate of drug-likeness (QED) is 0.456. The third-order valence-electron chi connectivity index (χ3n) is 2.30. The lowest BCUT2D eigenvalue weighted by Gasteiger charge is -2.02. The Kier molecular flexibility index (Phi) is 1.89.